The third-order valence-corrected chi connectivity index (χ3v) is 3.69. The Labute approximate surface area is 123 Å². The van der Waals surface area contributed by atoms with E-state index in [0.29, 0.717) is 18.9 Å². The topological polar surface area (TPSA) is 61.6 Å². The smallest absolute Gasteiger partial charge is 0.221 e. The van der Waals surface area contributed by atoms with E-state index in [1.807, 2.05) is 13.8 Å². The highest BCUT2D eigenvalue weighted by Crippen LogP contribution is 2.10. The van der Waals surface area contributed by atoms with Gasteiger partial charge < -0.3 is 16.0 Å². The van der Waals surface area contributed by atoms with E-state index in [1.165, 1.54) is 0 Å². The molecule has 1 unspecified atom stereocenters. The van der Waals surface area contributed by atoms with Gasteiger partial charge in [-0.3, -0.25) is 9.69 Å². The van der Waals surface area contributed by atoms with Crippen molar-refractivity contribution in [3.8, 4) is 0 Å². The highest BCUT2D eigenvalue weighted by Gasteiger charge is 2.25. The van der Waals surface area contributed by atoms with Crippen molar-refractivity contribution >= 4 is 5.91 Å². The van der Waals surface area contributed by atoms with Gasteiger partial charge in [0.25, 0.3) is 0 Å². The van der Waals surface area contributed by atoms with Gasteiger partial charge in [-0.15, -0.1) is 0 Å². The van der Waals surface area contributed by atoms with Gasteiger partial charge in [-0.05, 0) is 19.8 Å². The molecule has 0 spiro atoms. The summed E-state index contributed by atoms with van der Waals surface area (Å²) in [5.41, 5.74) is 5.86. The molecule has 5 heteroatoms. The fourth-order valence-electron chi connectivity index (χ4n) is 2.78. The standard InChI is InChI=1S/C15H32N4O/c1-12(2)11-18-5-7-19(8-6-18)14(10-16)9-15(20)17-13(3)4/h12-14H,5-11,16H2,1-4H3,(H,17,20). The predicted molar refractivity (Wildman–Crippen MR) is 83.6 cm³/mol. The number of carbonyl (C=O) groups excluding carboxylic acids is 1. The molecule has 0 bridgehead atoms. The molecule has 1 fully saturated rings. The molecule has 1 amide bonds. The zero-order valence-electron chi connectivity index (χ0n) is 13.6. The average molecular weight is 284 g/mol. The Bertz CT molecular complexity index is 286. The number of hydrogen-bond acceptors (Lipinski definition) is 4. The average Bonchev–Trinajstić information content (AvgIpc) is 2.35. The van der Waals surface area contributed by atoms with Crippen molar-refractivity contribution in [2.75, 3.05) is 39.3 Å². The maximum atomic E-state index is 11.9. The van der Waals surface area contributed by atoms with Gasteiger partial charge in [0.2, 0.25) is 5.91 Å². The van der Waals surface area contributed by atoms with E-state index in [-0.39, 0.29) is 18.0 Å². The molecule has 0 saturated carbocycles. The minimum atomic E-state index is 0.111. The van der Waals surface area contributed by atoms with Crippen LogP contribution < -0.4 is 11.1 Å². The van der Waals surface area contributed by atoms with E-state index in [0.717, 1.165) is 32.7 Å². The van der Waals surface area contributed by atoms with E-state index in [4.69, 9.17) is 5.73 Å². The Balaban J connectivity index is 2.38. The lowest BCUT2D eigenvalue weighted by Crippen LogP contribution is -2.54. The molecule has 1 heterocycles. The van der Waals surface area contributed by atoms with E-state index in [9.17, 15) is 4.79 Å². The Kier molecular flexibility index (Phi) is 7.48. The second kappa shape index (κ2) is 8.60. The van der Waals surface area contributed by atoms with E-state index in [2.05, 4.69) is 29.0 Å². The lowest BCUT2D eigenvalue weighted by atomic mass is 10.1. The Morgan fingerprint density at radius 2 is 1.75 bits per heavy atom. The van der Waals surface area contributed by atoms with Gasteiger partial charge in [0.15, 0.2) is 0 Å². The molecule has 20 heavy (non-hydrogen) atoms. The van der Waals surface area contributed by atoms with Crippen molar-refractivity contribution in [1.82, 2.24) is 15.1 Å². The van der Waals surface area contributed by atoms with Crippen LogP contribution in [0.2, 0.25) is 0 Å². The number of piperazine rings is 1. The SMILES string of the molecule is CC(C)CN1CCN(C(CN)CC(=O)NC(C)C)CC1. The monoisotopic (exact) mass is 284 g/mol. The number of amides is 1. The summed E-state index contributed by atoms with van der Waals surface area (Å²) in [7, 11) is 0. The van der Waals surface area contributed by atoms with Crippen LogP contribution in [0.1, 0.15) is 34.1 Å². The van der Waals surface area contributed by atoms with Crippen molar-refractivity contribution < 1.29 is 4.79 Å². The van der Waals surface area contributed by atoms with Crippen LogP contribution in [0.3, 0.4) is 0 Å². The highest BCUT2D eigenvalue weighted by atomic mass is 16.1. The van der Waals surface area contributed by atoms with Gasteiger partial charge >= 0.3 is 0 Å². The van der Waals surface area contributed by atoms with Crippen molar-refractivity contribution in [2.45, 2.75) is 46.2 Å². The summed E-state index contributed by atoms with van der Waals surface area (Å²) in [4.78, 5) is 16.7. The molecule has 1 aliphatic rings. The normalized spacial score (nSPS) is 19.6. The largest absolute Gasteiger partial charge is 0.354 e. The maximum absolute atomic E-state index is 11.9. The van der Waals surface area contributed by atoms with E-state index >= 15 is 0 Å². The molecule has 0 aromatic carbocycles. The van der Waals surface area contributed by atoms with Crippen LogP contribution in [0.15, 0.2) is 0 Å². The van der Waals surface area contributed by atoms with E-state index < -0.39 is 0 Å². The van der Waals surface area contributed by atoms with Gasteiger partial charge in [-0.2, -0.15) is 0 Å². The van der Waals surface area contributed by atoms with Crippen LogP contribution in [-0.2, 0) is 4.79 Å². The third kappa shape index (κ3) is 6.20. The molecule has 0 aromatic heterocycles. The minimum Gasteiger partial charge on any atom is -0.354 e. The number of nitrogens with one attached hydrogen (secondary N) is 1. The van der Waals surface area contributed by atoms with Gasteiger partial charge in [-0.1, -0.05) is 13.8 Å². The first-order chi connectivity index (χ1) is 9.42. The molecule has 0 aliphatic carbocycles. The molecular weight excluding hydrogens is 252 g/mol. The van der Waals surface area contributed by atoms with Crippen LogP contribution in [0.4, 0.5) is 0 Å². The lowest BCUT2D eigenvalue weighted by Gasteiger charge is -2.39. The zero-order valence-corrected chi connectivity index (χ0v) is 13.6. The molecule has 1 atom stereocenters. The molecular formula is C15H32N4O. The molecule has 3 N–H and O–H groups in total. The molecule has 1 rings (SSSR count). The summed E-state index contributed by atoms with van der Waals surface area (Å²) in [5.74, 6) is 0.823. The second-order valence-corrected chi connectivity index (χ2v) is 6.55. The minimum absolute atomic E-state index is 0.111. The van der Waals surface area contributed by atoms with Gasteiger partial charge in [0, 0.05) is 57.8 Å². The van der Waals surface area contributed by atoms with Crippen molar-refractivity contribution in [1.29, 1.82) is 0 Å². The van der Waals surface area contributed by atoms with Crippen LogP contribution in [-0.4, -0.2) is 67.1 Å². The van der Waals surface area contributed by atoms with Crippen LogP contribution in [0, 0.1) is 5.92 Å². The van der Waals surface area contributed by atoms with Gasteiger partial charge in [-0.25, -0.2) is 0 Å². The van der Waals surface area contributed by atoms with Crippen molar-refractivity contribution in [3.63, 3.8) is 0 Å². The molecule has 0 aromatic rings. The summed E-state index contributed by atoms with van der Waals surface area (Å²) in [6, 6.07) is 0.374. The third-order valence-electron chi connectivity index (χ3n) is 3.69. The predicted octanol–water partition coefficient (Wildman–Crippen LogP) is 0.502. The molecule has 0 radical (unpaired) electrons. The van der Waals surface area contributed by atoms with E-state index in [1.54, 1.807) is 0 Å². The van der Waals surface area contributed by atoms with Crippen LogP contribution in [0.5, 0.6) is 0 Å². The number of rotatable bonds is 7. The molecule has 1 aliphatic heterocycles. The summed E-state index contributed by atoms with van der Waals surface area (Å²) in [6.07, 6.45) is 0.513. The van der Waals surface area contributed by atoms with Crippen molar-refractivity contribution in [2.24, 2.45) is 11.7 Å². The molecule has 5 nitrogen and oxygen atoms in total. The number of nitrogens with two attached hydrogens (primary N) is 1. The maximum Gasteiger partial charge on any atom is 0.221 e. The number of carbonyl (C=O) groups is 1. The second-order valence-electron chi connectivity index (χ2n) is 6.55. The summed E-state index contributed by atoms with van der Waals surface area (Å²) in [5, 5.41) is 2.95. The Morgan fingerprint density at radius 3 is 2.20 bits per heavy atom. The first kappa shape index (κ1) is 17.4. The summed E-state index contributed by atoms with van der Waals surface area (Å²) in [6.45, 7) is 14.4. The van der Waals surface area contributed by atoms with Gasteiger partial charge in [0.05, 0.1) is 0 Å². The lowest BCUT2D eigenvalue weighted by molar-refractivity contribution is -0.123. The van der Waals surface area contributed by atoms with Crippen LogP contribution >= 0.6 is 0 Å². The summed E-state index contributed by atoms with van der Waals surface area (Å²) >= 11 is 0. The zero-order chi connectivity index (χ0) is 15.1. The Morgan fingerprint density at radius 1 is 1.15 bits per heavy atom. The molecule has 1 saturated heterocycles. The summed E-state index contributed by atoms with van der Waals surface area (Å²) < 4.78 is 0. The molecule has 118 valence electrons. The first-order valence-corrected chi connectivity index (χ1v) is 7.88. The quantitative estimate of drug-likeness (QED) is 0.715. The number of nitrogens with zero attached hydrogens (tertiary/aromatic N) is 2. The van der Waals surface area contributed by atoms with Gasteiger partial charge in [0.1, 0.15) is 0 Å². The van der Waals surface area contributed by atoms with Crippen molar-refractivity contribution in [3.05, 3.63) is 0 Å². The fourth-order valence-corrected chi connectivity index (χ4v) is 2.78. The van der Waals surface area contributed by atoms with Crippen LogP contribution in [0.25, 0.3) is 0 Å². The fraction of sp³-hybridized carbons (Fsp3) is 0.933. The highest BCUT2D eigenvalue weighted by molar-refractivity contribution is 5.76. The first-order valence-electron chi connectivity index (χ1n) is 7.88. The number of hydrogen-bond donors (Lipinski definition) is 2. The Hall–Kier alpha value is -0.650.